The molecule has 0 aliphatic heterocycles. The molecule has 0 amide bonds. The van der Waals surface area contributed by atoms with E-state index in [0.29, 0.717) is 6.29 Å². The molecule has 3 N–H and O–H groups in total. The van der Waals surface area contributed by atoms with Gasteiger partial charge in [-0.15, -0.1) is 0 Å². The van der Waals surface area contributed by atoms with Crippen molar-refractivity contribution in [3.63, 3.8) is 0 Å². The van der Waals surface area contributed by atoms with E-state index >= 15 is 0 Å². The molecule has 0 aromatic heterocycles. The molecule has 64 valence electrons. The summed E-state index contributed by atoms with van der Waals surface area (Å²) in [5.41, 5.74) is 0. The van der Waals surface area contributed by atoms with Crippen LogP contribution in [-0.2, 0) is 9.36 Å². The third-order valence-electron chi connectivity index (χ3n) is 0.837. The molecular formula is C5H9O5P. The normalized spacial score (nSPS) is 15.2. The van der Waals surface area contributed by atoms with E-state index in [4.69, 9.17) is 14.9 Å². The number of hydrogen-bond donors (Lipinski definition) is 3. The van der Waals surface area contributed by atoms with Gasteiger partial charge in [-0.3, -0.25) is 9.36 Å². The fourth-order valence-electron chi connectivity index (χ4n) is 0.478. The molecule has 1 unspecified atom stereocenters. The smallest absolute Gasteiger partial charge is 0.328 e. The van der Waals surface area contributed by atoms with Crippen molar-refractivity contribution >= 4 is 13.9 Å². The standard InChI is InChI=1S/C5H9O5P/c6-3-1-2-5(7)4-11(8,9)10/h1-3,5,7H,4H2,(H2,8,9,10). The summed E-state index contributed by atoms with van der Waals surface area (Å²) in [5.74, 6) is 0. The first-order valence-corrected chi connectivity index (χ1v) is 4.60. The average Bonchev–Trinajstić information content (AvgIpc) is 1.79. The molecule has 0 rings (SSSR count). The molecule has 0 saturated heterocycles. The molecule has 0 heterocycles. The Hall–Kier alpha value is -0.480. The van der Waals surface area contributed by atoms with Gasteiger partial charge in [-0.05, 0) is 6.08 Å². The molecule has 0 aromatic carbocycles. The second-order valence-corrected chi connectivity index (χ2v) is 3.63. The van der Waals surface area contributed by atoms with Crippen molar-refractivity contribution in [3.8, 4) is 0 Å². The first kappa shape index (κ1) is 10.5. The highest BCUT2D eigenvalue weighted by atomic mass is 31.2. The monoisotopic (exact) mass is 180 g/mol. The summed E-state index contributed by atoms with van der Waals surface area (Å²) >= 11 is 0. The van der Waals surface area contributed by atoms with Crippen LogP contribution in [0.5, 0.6) is 0 Å². The number of rotatable bonds is 4. The van der Waals surface area contributed by atoms with Gasteiger partial charge in [0, 0.05) is 0 Å². The third-order valence-corrected chi connectivity index (χ3v) is 1.69. The highest BCUT2D eigenvalue weighted by Crippen LogP contribution is 2.34. The molecule has 11 heavy (non-hydrogen) atoms. The van der Waals surface area contributed by atoms with E-state index in [9.17, 15) is 9.36 Å². The molecule has 0 radical (unpaired) electrons. The van der Waals surface area contributed by atoms with Gasteiger partial charge in [0.15, 0.2) is 0 Å². The second-order valence-electron chi connectivity index (χ2n) is 1.94. The van der Waals surface area contributed by atoms with E-state index in [0.717, 1.165) is 12.2 Å². The lowest BCUT2D eigenvalue weighted by Gasteiger charge is -2.05. The van der Waals surface area contributed by atoms with E-state index in [1.165, 1.54) is 0 Å². The van der Waals surface area contributed by atoms with Crippen molar-refractivity contribution in [1.29, 1.82) is 0 Å². The predicted octanol–water partition coefficient (Wildman–Crippen LogP) is -0.720. The summed E-state index contributed by atoms with van der Waals surface area (Å²) in [6.45, 7) is 0. The summed E-state index contributed by atoms with van der Waals surface area (Å²) in [7, 11) is -4.18. The number of allylic oxidation sites excluding steroid dienone is 1. The number of aliphatic hydroxyl groups excluding tert-OH is 1. The molecule has 1 atom stereocenters. The van der Waals surface area contributed by atoms with Gasteiger partial charge < -0.3 is 14.9 Å². The van der Waals surface area contributed by atoms with E-state index in [1.54, 1.807) is 0 Å². The topological polar surface area (TPSA) is 94.8 Å². The molecule has 0 saturated carbocycles. The Labute approximate surface area is 63.5 Å². The minimum atomic E-state index is -4.18. The van der Waals surface area contributed by atoms with Gasteiger partial charge in [-0.2, -0.15) is 0 Å². The van der Waals surface area contributed by atoms with Crippen LogP contribution in [0.2, 0.25) is 0 Å². The molecule has 0 bridgehead atoms. The van der Waals surface area contributed by atoms with Crippen LogP contribution < -0.4 is 0 Å². The van der Waals surface area contributed by atoms with Crippen LogP contribution in [0.3, 0.4) is 0 Å². The van der Waals surface area contributed by atoms with Gasteiger partial charge >= 0.3 is 7.60 Å². The quantitative estimate of drug-likeness (QED) is 0.301. The molecular weight excluding hydrogens is 171 g/mol. The van der Waals surface area contributed by atoms with Crippen LogP contribution in [0.1, 0.15) is 0 Å². The summed E-state index contributed by atoms with van der Waals surface area (Å²) < 4.78 is 10.2. The van der Waals surface area contributed by atoms with Crippen LogP contribution in [0.25, 0.3) is 0 Å². The van der Waals surface area contributed by atoms with E-state index in [2.05, 4.69) is 0 Å². The number of aliphatic hydroxyl groups is 1. The van der Waals surface area contributed by atoms with Crippen LogP contribution in [0, 0.1) is 0 Å². The Balaban J connectivity index is 3.88. The molecule has 0 aliphatic rings. The van der Waals surface area contributed by atoms with Crippen LogP contribution in [-0.4, -0.2) is 33.4 Å². The van der Waals surface area contributed by atoms with E-state index < -0.39 is 19.9 Å². The van der Waals surface area contributed by atoms with Crippen molar-refractivity contribution in [2.75, 3.05) is 6.16 Å². The van der Waals surface area contributed by atoms with E-state index in [1.807, 2.05) is 0 Å². The minimum Gasteiger partial charge on any atom is -0.388 e. The van der Waals surface area contributed by atoms with Crippen molar-refractivity contribution in [2.45, 2.75) is 6.10 Å². The van der Waals surface area contributed by atoms with Gasteiger partial charge in [-0.25, -0.2) is 0 Å². The Morgan fingerprint density at radius 2 is 2.00 bits per heavy atom. The van der Waals surface area contributed by atoms with Crippen LogP contribution >= 0.6 is 7.60 Å². The van der Waals surface area contributed by atoms with Crippen molar-refractivity contribution < 1.29 is 24.3 Å². The first-order chi connectivity index (χ1) is 4.95. The zero-order chi connectivity index (χ0) is 8.91. The fourth-order valence-corrected chi connectivity index (χ4v) is 1.09. The molecule has 0 spiro atoms. The Kier molecular flexibility index (Phi) is 4.22. The van der Waals surface area contributed by atoms with Crippen LogP contribution in [0.4, 0.5) is 0 Å². The lowest BCUT2D eigenvalue weighted by molar-refractivity contribution is -0.104. The maximum absolute atomic E-state index is 10.2. The summed E-state index contributed by atoms with van der Waals surface area (Å²) in [6, 6.07) is 0. The van der Waals surface area contributed by atoms with Crippen LogP contribution in [0.15, 0.2) is 12.2 Å². The maximum Gasteiger partial charge on any atom is 0.328 e. The number of aldehydes is 1. The number of carbonyl (C=O) groups excluding carboxylic acids is 1. The zero-order valence-corrected chi connectivity index (χ0v) is 6.52. The fraction of sp³-hybridized carbons (Fsp3) is 0.400. The highest BCUT2D eigenvalue weighted by Gasteiger charge is 2.16. The number of carbonyl (C=O) groups is 1. The Bertz CT molecular complexity index is 193. The average molecular weight is 180 g/mol. The van der Waals surface area contributed by atoms with Gasteiger partial charge in [-0.1, -0.05) is 6.08 Å². The summed E-state index contributed by atoms with van der Waals surface area (Å²) in [6.07, 6.45) is 0.508. The minimum absolute atomic E-state index is 0.420. The van der Waals surface area contributed by atoms with Gasteiger partial charge in [0.05, 0.1) is 12.3 Å². The first-order valence-electron chi connectivity index (χ1n) is 2.80. The molecule has 0 aliphatic carbocycles. The Morgan fingerprint density at radius 3 is 2.36 bits per heavy atom. The largest absolute Gasteiger partial charge is 0.388 e. The third kappa shape index (κ3) is 7.42. The molecule has 6 heteroatoms. The van der Waals surface area contributed by atoms with Gasteiger partial charge in [0.2, 0.25) is 0 Å². The zero-order valence-electron chi connectivity index (χ0n) is 5.62. The lowest BCUT2D eigenvalue weighted by Crippen LogP contribution is -2.08. The summed E-state index contributed by atoms with van der Waals surface area (Å²) in [4.78, 5) is 26.3. The maximum atomic E-state index is 10.2. The lowest BCUT2D eigenvalue weighted by atomic mass is 10.4. The predicted molar refractivity (Wildman–Crippen MR) is 38.1 cm³/mol. The van der Waals surface area contributed by atoms with Crippen molar-refractivity contribution in [2.24, 2.45) is 0 Å². The Morgan fingerprint density at radius 1 is 1.45 bits per heavy atom. The second kappa shape index (κ2) is 4.41. The SMILES string of the molecule is O=CC=CC(O)CP(=O)(O)O. The van der Waals surface area contributed by atoms with Crippen molar-refractivity contribution in [3.05, 3.63) is 12.2 Å². The van der Waals surface area contributed by atoms with Crippen molar-refractivity contribution in [1.82, 2.24) is 0 Å². The van der Waals surface area contributed by atoms with Gasteiger partial charge in [0.1, 0.15) is 6.29 Å². The highest BCUT2D eigenvalue weighted by molar-refractivity contribution is 7.51. The number of hydrogen-bond acceptors (Lipinski definition) is 3. The summed E-state index contributed by atoms with van der Waals surface area (Å²) in [5, 5.41) is 8.78. The molecule has 0 aromatic rings. The van der Waals surface area contributed by atoms with Gasteiger partial charge in [0.25, 0.3) is 0 Å². The van der Waals surface area contributed by atoms with E-state index in [-0.39, 0.29) is 0 Å². The molecule has 5 nitrogen and oxygen atoms in total. The molecule has 0 fully saturated rings.